The Kier molecular flexibility index (Phi) is 90200. The molecule has 0 unspecified atom stereocenters. The van der Waals surface area contributed by atoms with Crippen LogP contribution in [0, 0.1) is 0 Å². The summed E-state index contributed by atoms with van der Waals surface area (Å²) in [4.78, 5) is 0. The van der Waals surface area contributed by atoms with Crippen LogP contribution in [0.15, 0.2) is 0 Å². The van der Waals surface area contributed by atoms with Crippen LogP contribution in [-0.4, -0.2) is 64.0 Å². The van der Waals surface area contributed by atoms with Crippen molar-refractivity contribution in [3.63, 3.8) is 0 Å². The number of hydrogen-bond acceptors (Lipinski definition) is 3. The summed E-state index contributed by atoms with van der Waals surface area (Å²) in [5.74, 6) is 0. The van der Waals surface area contributed by atoms with Gasteiger partial charge in [0.2, 0.25) is 0 Å². The van der Waals surface area contributed by atoms with Gasteiger partial charge in [0.05, 0.1) is 0 Å². The smallest absolute Gasteiger partial charge is 0.0319 e. The van der Waals surface area contributed by atoms with E-state index in [4.69, 9.17) is 15.3 Å². The van der Waals surface area contributed by atoms with E-state index in [1.807, 2.05) is 0 Å². The van der Waals surface area contributed by atoms with Crippen molar-refractivity contribution < 1.29 is 42.7 Å². The largest absolute Gasteiger partial charge is 0.412 e. The first-order chi connectivity index (χ1) is 3.00. The molecule has 8 nitrogen and oxygen atoms in total. The van der Waals surface area contributed by atoms with Crippen LogP contribution in [0.5, 0.6) is 0 Å². The predicted molar refractivity (Wildman–Crippen MR) is 42.5 cm³/mol. The maximum absolute atomic E-state index is 7.00. The van der Waals surface area contributed by atoms with Gasteiger partial charge in [-0.25, -0.2) is 0 Å². The lowest BCUT2D eigenvalue weighted by Crippen LogP contribution is -1.25. The zero-order valence-corrected chi connectivity index (χ0v) is 6.84. The molecular weight excluding hydrogens is 164 g/mol. The summed E-state index contributed by atoms with van der Waals surface area (Å²) < 4.78 is 0. The average molecular weight is 186 g/mol. The monoisotopic (exact) mass is 186 g/mol. The van der Waals surface area contributed by atoms with Crippen LogP contribution in [0.25, 0.3) is 0 Å². The lowest BCUT2D eigenvalue weighted by atomic mass is 11.8. The minimum Gasteiger partial charge on any atom is -0.412 e. The van der Waals surface area contributed by atoms with Crippen molar-refractivity contribution >= 4 is 0 Å². The second-order valence-corrected chi connectivity index (χ2v) is 0. The van der Waals surface area contributed by atoms with Crippen molar-refractivity contribution in [1.82, 2.24) is 0 Å². The summed E-state index contributed by atoms with van der Waals surface area (Å²) in [7, 11) is 3.00. The summed E-state index contributed by atoms with van der Waals surface area (Å²) in [6, 6.07) is 0. The van der Waals surface area contributed by atoms with E-state index in [0.717, 1.165) is 21.3 Å². The zero-order valence-electron chi connectivity index (χ0n) is 6.84. The van der Waals surface area contributed by atoms with Gasteiger partial charge in [0.25, 0.3) is 0 Å². The molecule has 0 fully saturated rings. The molecular formula is C3H22O8. The fourth-order valence-electron chi connectivity index (χ4n) is 0. The maximum atomic E-state index is 7.00. The third-order valence-electron chi connectivity index (χ3n) is 0. The van der Waals surface area contributed by atoms with Crippen LogP contribution in [-0.2, 0) is 0 Å². The molecule has 0 aromatic heterocycles. The lowest BCUT2D eigenvalue weighted by Gasteiger charge is -1.21. The molecule has 0 aromatic carbocycles. The first-order valence-electron chi connectivity index (χ1n) is 1.34. The van der Waals surface area contributed by atoms with Gasteiger partial charge in [-0.05, 0) is 0 Å². The van der Waals surface area contributed by atoms with Crippen LogP contribution in [0.2, 0.25) is 0 Å². The van der Waals surface area contributed by atoms with Gasteiger partial charge in [-0.2, -0.15) is 0 Å². The molecule has 0 amide bonds. The van der Waals surface area contributed by atoms with E-state index in [1.54, 1.807) is 0 Å². The molecule has 0 atom stereocenters. The molecule has 0 spiro atoms. The summed E-state index contributed by atoms with van der Waals surface area (Å²) >= 11 is 0. The second-order valence-electron chi connectivity index (χ2n) is 0. The Morgan fingerprint density at radius 1 is 0.364 bits per heavy atom. The molecule has 13 N–H and O–H groups in total. The minimum atomic E-state index is 0. The topological polar surface area (TPSA) is 218 Å². The van der Waals surface area contributed by atoms with Gasteiger partial charge in [-0.15, -0.1) is 0 Å². The van der Waals surface area contributed by atoms with E-state index in [2.05, 4.69) is 0 Å². The van der Waals surface area contributed by atoms with Gasteiger partial charge in [0.1, 0.15) is 0 Å². The Hall–Kier alpha value is -0.320. The highest BCUT2D eigenvalue weighted by Gasteiger charge is 0.843. The Morgan fingerprint density at radius 2 is 0.364 bits per heavy atom. The van der Waals surface area contributed by atoms with Gasteiger partial charge in [0.15, 0.2) is 0 Å². The van der Waals surface area contributed by atoms with Crippen LogP contribution < -0.4 is 0 Å². The summed E-state index contributed by atoms with van der Waals surface area (Å²) in [6.45, 7) is 0. The summed E-state index contributed by atoms with van der Waals surface area (Å²) in [5.41, 5.74) is 0. The van der Waals surface area contributed by atoms with Crippen LogP contribution in [0.1, 0.15) is 0 Å². The van der Waals surface area contributed by atoms with Crippen molar-refractivity contribution in [1.29, 1.82) is 0 Å². The molecule has 0 saturated carbocycles. The Balaban J connectivity index is -0.00000000167. The number of rotatable bonds is 0. The van der Waals surface area contributed by atoms with E-state index >= 15 is 0 Å². The molecule has 0 aliphatic heterocycles. The van der Waals surface area contributed by atoms with E-state index in [-0.39, 0.29) is 27.4 Å². The minimum absolute atomic E-state index is 0. The summed E-state index contributed by atoms with van der Waals surface area (Å²) in [6.07, 6.45) is 0. The average Bonchev–Trinajstić information content (AvgIpc) is 1.81. The number of aliphatic hydroxyl groups is 3. The van der Waals surface area contributed by atoms with Gasteiger partial charge in [0, 0.05) is 21.3 Å². The van der Waals surface area contributed by atoms with Crippen LogP contribution in [0.4, 0.5) is 0 Å². The first-order valence-corrected chi connectivity index (χ1v) is 1.34. The molecule has 0 saturated heterocycles. The van der Waals surface area contributed by atoms with E-state index in [9.17, 15) is 0 Å². The maximum Gasteiger partial charge on any atom is 0.0319 e. The van der Waals surface area contributed by atoms with Gasteiger partial charge in [-0.1, -0.05) is 0 Å². The number of hydrogen-bond donors (Lipinski definition) is 3. The van der Waals surface area contributed by atoms with Crippen molar-refractivity contribution in [3.8, 4) is 0 Å². The van der Waals surface area contributed by atoms with E-state index in [0.29, 0.717) is 0 Å². The van der Waals surface area contributed by atoms with Crippen molar-refractivity contribution in [2.45, 2.75) is 0 Å². The molecule has 0 aliphatic carbocycles. The standard InChI is InChI=1S/3CH4O.5H2O/c3*1-2;;;;;/h3*2H,1H3;5*1H2. The highest BCUT2D eigenvalue weighted by Crippen LogP contribution is 0.759. The lowest BCUT2D eigenvalue weighted by molar-refractivity contribution is 0.399. The molecule has 11 heavy (non-hydrogen) atoms. The third-order valence-corrected chi connectivity index (χ3v) is 0. The van der Waals surface area contributed by atoms with Gasteiger partial charge >= 0.3 is 0 Å². The van der Waals surface area contributed by atoms with Crippen molar-refractivity contribution in [2.75, 3.05) is 21.3 Å². The first kappa shape index (κ1) is 139. The molecule has 0 aromatic rings. The highest BCUT2D eigenvalue weighted by atomic mass is 16.2. The molecule has 0 rings (SSSR count). The van der Waals surface area contributed by atoms with E-state index in [1.165, 1.54) is 0 Å². The summed E-state index contributed by atoms with van der Waals surface area (Å²) in [5, 5.41) is 21.0. The quantitative estimate of drug-likeness (QED) is 0.337. The SMILES string of the molecule is CO.CO.CO.O.O.O.O.O. The fourth-order valence-corrected chi connectivity index (χ4v) is 0. The van der Waals surface area contributed by atoms with Crippen LogP contribution in [0.3, 0.4) is 0 Å². The van der Waals surface area contributed by atoms with Gasteiger partial charge in [-0.3, -0.25) is 0 Å². The molecule has 0 heterocycles. The zero-order chi connectivity index (χ0) is 6.00. The third kappa shape index (κ3) is 5580. The Morgan fingerprint density at radius 3 is 0.364 bits per heavy atom. The molecule has 82 valence electrons. The fraction of sp³-hybridized carbons (Fsp3) is 1.00. The van der Waals surface area contributed by atoms with Gasteiger partial charge < -0.3 is 42.7 Å². The Bertz CT molecular complexity index is 9.30. The molecule has 0 bridgehead atoms. The normalized spacial score (nSPS) is 1.64. The Labute approximate surface area is 65.3 Å². The molecule has 0 radical (unpaired) electrons. The van der Waals surface area contributed by atoms with Crippen molar-refractivity contribution in [3.05, 3.63) is 0 Å². The highest BCUT2D eigenvalue weighted by molar-refractivity contribution is 3.18. The predicted octanol–water partition coefficient (Wildman–Crippen LogP) is -5.30. The van der Waals surface area contributed by atoms with E-state index < -0.39 is 0 Å². The molecule has 8 heteroatoms. The number of aliphatic hydroxyl groups excluding tert-OH is 3. The van der Waals surface area contributed by atoms with Crippen molar-refractivity contribution in [2.24, 2.45) is 0 Å². The second kappa shape index (κ2) is 7120. The van der Waals surface area contributed by atoms with Crippen LogP contribution >= 0.6 is 0 Å². The molecule has 0 aliphatic rings.